The fourth-order valence-electron chi connectivity index (χ4n) is 4.71. The summed E-state index contributed by atoms with van der Waals surface area (Å²) in [6, 6.07) is 22.8. The molecule has 0 aliphatic carbocycles. The highest BCUT2D eigenvalue weighted by Crippen LogP contribution is 2.49. The molecule has 2 aliphatic rings. The Balaban J connectivity index is 1.58. The molecule has 1 saturated heterocycles. The van der Waals surface area contributed by atoms with Crippen LogP contribution in [0.25, 0.3) is 0 Å². The summed E-state index contributed by atoms with van der Waals surface area (Å²) in [6.07, 6.45) is 0. The van der Waals surface area contributed by atoms with Gasteiger partial charge < -0.3 is 20.1 Å². The number of benzene rings is 3. The van der Waals surface area contributed by atoms with Crippen molar-refractivity contribution in [1.29, 1.82) is 0 Å². The van der Waals surface area contributed by atoms with Crippen LogP contribution >= 0.6 is 12.2 Å². The Morgan fingerprint density at radius 3 is 2.48 bits per heavy atom. The number of methoxy groups -OCH3 is 1. The third-order valence-corrected chi connectivity index (χ3v) is 6.64. The number of nitrogens with zero attached hydrogens (tertiary/aromatic N) is 1. The topological polar surface area (TPSA) is 62.8 Å². The molecule has 1 amide bonds. The molecule has 5 rings (SSSR count). The van der Waals surface area contributed by atoms with Crippen molar-refractivity contribution in [2.75, 3.05) is 17.3 Å². The fourth-order valence-corrected chi connectivity index (χ4v) is 5.12. The predicted octanol–water partition coefficient (Wildman–Crippen LogP) is 4.80. The monoisotopic (exact) mass is 459 g/mol. The van der Waals surface area contributed by atoms with Gasteiger partial charge in [-0.05, 0) is 68.5 Å². The maximum atomic E-state index is 13.8. The first-order chi connectivity index (χ1) is 15.9. The van der Waals surface area contributed by atoms with E-state index in [9.17, 15) is 4.79 Å². The van der Waals surface area contributed by atoms with Gasteiger partial charge >= 0.3 is 0 Å². The highest BCUT2D eigenvalue weighted by Gasteiger charge is 2.59. The summed E-state index contributed by atoms with van der Waals surface area (Å²) in [6.45, 7) is 3.97. The quantitative estimate of drug-likeness (QED) is 0.547. The predicted molar refractivity (Wildman–Crippen MR) is 133 cm³/mol. The number of carbonyl (C=O) groups excluding carboxylic acids is 1. The number of fused-ring (bicyclic) bond motifs is 4. The lowest BCUT2D eigenvalue weighted by Crippen LogP contribution is -2.72. The summed E-state index contributed by atoms with van der Waals surface area (Å²) in [5.41, 5.74) is 2.57. The van der Waals surface area contributed by atoms with Gasteiger partial charge in [-0.1, -0.05) is 35.9 Å². The molecular weight excluding hydrogens is 434 g/mol. The van der Waals surface area contributed by atoms with Gasteiger partial charge in [-0.15, -0.1) is 0 Å². The number of anilines is 2. The smallest absolute Gasteiger partial charge is 0.236 e. The number of hydrogen-bond acceptors (Lipinski definition) is 4. The van der Waals surface area contributed by atoms with Gasteiger partial charge in [-0.2, -0.15) is 0 Å². The van der Waals surface area contributed by atoms with Crippen molar-refractivity contribution in [1.82, 2.24) is 5.32 Å². The molecule has 2 N–H and O–H groups in total. The molecular formula is C26H25N3O3S. The molecule has 7 heteroatoms. The standard InChI is InChI=1S/C26H25N3O3S/c1-16-8-12-18(13-9-16)29-25(33)28-23-20-6-4-5-7-21(20)32-26(29,2)22(23)24(30)27-17-10-14-19(31-3)15-11-17/h4-15,22-23H,1-3H3,(H,27,30)(H,28,33)/t22-,23+,26+/m1/s1. The van der Waals surface area contributed by atoms with Gasteiger partial charge in [0, 0.05) is 16.9 Å². The Labute approximate surface area is 198 Å². The van der Waals surface area contributed by atoms with Crippen molar-refractivity contribution in [3.63, 3.8) is 0 Å². The Morgan fingerprint density at radius 1 is 1.09 bits per heavy atom. The average molecular weight is 460 g/mol. The van der Waals surface area contributed by atoms with Gasteiger partial charge in [0.2, 0.25) is 5.91 Å². The summed E-state index contributed by atoms with van der Waals surface area (Å²) in [5, 5.41) is 7.01. The Hall–Kier alpha value is -3.58. The average Bonchev–Trinajstić information content (AvgIpc) is 2.80. The van der Waals surface area contributed by atoms with Crippen molar-refractivity contribution in [2.45, 2.75) is 25.6 Å². The number of ether oxygens (including phenoxy) is 2. The van der Waals surface area contributed by atoms with Crippen molar-refractivity contribution >= 4 is 34.6 Å². The summed E-state index contributed by atoms with van der Waals surface area (Å²) in [4.78, 5) is 15.7. The number of amides is 1. The largest absolute Gasteiger partial charge is 0.497 e. The number of nitrogens with one attached hydrogen (secondary N) is 2. The second kappa shape index (κ2) is 8.08. The molecule has 3 aromatic rings. The van der Waals surface area contributed by atoms with Gasteiger partial charge in [0.25, 0.3) is 0 Å². The summed E-state index contributed by atoms with van der Waals surface area (Å²) in [5.74, 6) is 0.728. The number of aryl methyl sites for hydroxylation is 1. The zero-order valence-electron chi connectivity index (χ0n) is 18.7. The highest BCUT2D eigenvalue weighted by molar-refractivity contribution is 7.80. The molecule has 0 saturated carbocycles. The van der Waals surface area contributed by atoms with Gasteiger partial charge in [-0.25, -0.2) is 0 Å². The van der Waals surface area contributed by atoms with Crippen LogP contribution in [-0.2, 0) is 4.79 Å². The van der Waals surface area contributed by atoms with E-state index in [4.69, 9.17) is 21.7 Å². The van der Waals surface area contributed by atoms with E-state index < -0.39 is 11.6 Å². The van der Waals surface area contributed by atoms with E-state index in [1.807, 2.05) is 91.5 Å². The van der Waals surface area contributed by atoms with E-state index in [1.165, 1.54) is 0 Å². The molecule has 33 heavy (non-hydrogen) atoms. The van der Waals surface area contributed by atoms with Crippen LogP contribution in [0.5, 0.6) is 11.5 Å². The molecule has 1 fully saturated rings. The Morgan fingerprint density at radius 2 is 1.79 bits per heavy atom. The van der Waals surface area contributed by atoms with E-state index in [0.717, 1.165) is 28.3 Å². The SMILES string of the molecule is COc1ccc(NC(=O)[C@H]2[C@H]3NC(=S)N(c4ccc(C)cc4)[C@@]2(C)Oc2ccccc23)cc1. The molecule has 0 spiro atoms. The van der Waals surface area contributed by atoms with E-state index in [2.05, 4.69) is 10.6 Å². The molecule has 6 nitrogen and oxygen atoms in total. The molecule has 2 aliphatic heterocycles. The Bertz CT molecular complexity index is 1210. The molecule has 0 unspecified atom stereocenters. The minimum Gasteiger partial charge on any atom is -0.497 e. The lowest BCUT2D eigenvalue weighted by atomic mass is 9.78. The van der Waals surface area contributed by atoms with E-state index in [0.29, 0.717) is 10.8 Å². The summed E-state index contributed by atoms with van der Waals surface area (Å²) >= 11 is 5.78. The maximum absolute atomic E-state index is 13.8. The number of hydrogen-bond donors (Lipinski definition) is 2. The molecule has 2 bridgehead atoms. The Kier molecular flexibility index (Phi) is 5.21. The zero-order valence-corrected chi connectivity index (χ0v) is 19.5. The first kappa shape index (κ1) is 21.3. The normalized spacial score (nSPS) is 23.1. The third-order valence-electron chi connectivity index (χ3n) is 6.34. The molecule has 0 radical (unpaired) electrons. The maximum Gasteiger partial charge on any atom is 0.236 e. The van der Waals surface area contributed by atoms with Crippen LogP contribution in [0.4, 0.5) is 11.4 Å². The van der Waals surface area contributed by atoms with Crippen molar-refractivity contribution in [3.8, 4) is 11.5 Å². The second-order valence-electron chi connectivity index (χ2n) is 8.49. The van der Waals surface area contributed by atoms with E-state index >= 15 is 0 Å². The molecule has 0 aromatic heterocycles. The van der Waals surface area contributed by atoms with Crippen LogP contribution < -0.4 is 25.0 Å². The number of thiocarbonyl (C=S) groups is 1. The van der Waals surface area contributed by atoms with Crippen molar-refractivity contribution in [3.05, 3.63) is 83.9 Å². The molecule has 3 atom stereocenters. The summed E-state index contributed by atoms with van der Waals surface area (Å²) in [7, 11) is 1.61. The van der Waals surface area contributed by atoms with Crippen molar-refractivity contribution in [2.24, 2.45) is 5.92 Å². The summed E-state index contributed by atoms with van der Waals surface area (Å²) < 4.78 is 11.8. The first-order valence-corrected chi connectivity index (χ1v) is 11.2. The van der Waals surface area contributed by atoms with Gasteiger partial charge in [0.15, 0.2) is 10.8 Å². The minimum atomic E-state index is -1.03. The lowest BCUT2D eigenvalue weighted by molar-refractivity contribution is -0.130. The van der Waals surface area contributed by atoms with Gasteiger partial charge in [-0.3, -0.25) is 9.69 Å². The lowest BCUT2D eigenvalue weighted by Gasteiger charge is -2.56. The van der Waals surface area contributed by atoms with Crippen LogP contribution in [0.3, 0.4) is 0 Å². The second-order valence-corrected chi connectivity index (χ2v) is 8.87. The van der Waals surface area contributed by atoms with Crippen LogP contribution in [0.15, 0.2) is 72.8 Å². The van der Waals surface area contributed by atoms with Crippen LogP contribution in [-0.4, -0.2) is 23.9 Å². The number of para-hydroxylation sites is 1. The van der Waals surface area contributed by atoms with E-state index in [1.54, 1.807) is 7.11 Å². The first-order valence-electron chi connectivity index (χ1n) is 10.8. The number of rotatable bonds is 4. The molecule has 3 aromatic carbocycles. The highest BCUT2D eigenvalue weighted by atomic mass is 32.1. The number of carbonyl (C=O) groups is 1. The third kappa shape index (κ3) is 3.58. The fraction of sp³-hybridized carbons (Fsp3) is 0.231. The van der Waals surface area contributed by atoms with Crippen LogP contribution in [0.1, 0.15) is 24.1 Å². The van der Waals surface area contributed by atoms with Gasteiger partial charge in [0.05, 0.1) is 13.2 Å². The minimum absolute atomic E-state index is 0.158. The zero-order chi connectivity index (χ0) is 23.2. The van der Waals surface area contributed by atoms with Gasteiger partial charge in [0.1, 0.15) is 17.4 Å². The molecule has 168 valence electrons. The van der Waals surface area contributed by atoms with E-state index in [-0.39, 0.29) is 11.9 Å². The van der Waals surface area contributed by atoms with Crippen LogP contribution in [0.2, 0.25) is 0 Å². The van der Waals surface area contributed by atoms with Crippen molar-refractivity contribution < 1.29 is 14.3 Å². The van der Waals surface area contributed by atoms with Crippen LogP contribution in [0, 0.1) is 12.8 Å². The molecule has 2 heterocycles.